The maximum Gasteiger partial charge on any atom is 0.355 e. The van der Waals surface area contributed by atoms with Gasteiger partial charge in [-0.25, -0.2) is 19.6 Å². The van der Waals surface area contributed by atoms with Gasteiger partial charge in [-0.1, -0.05) is 43.4 Å². The highest BCUT2D eigenvalue weighted by Gasteiger charge is 2.66. The average molecular weight is 732 g/mol. The number of carbonyl (C=O) groups is 2. The average Bonchev–Trinajstić information content (AvgIpc) is 3.68. The van der Waals surface area contributed by atoms with Crippen LogP contribution in [0.2, 0.25) is 0 Å². The van der Waals surface area contributed by atoms with E-state index >= 15 is 0 Å². The number of ether oxygens (including phenoxy) is 1. The van der Waals surface area contributed by atoms with Crippen LogP contribution in [0.1, 0.15) is 68.6 Å². The van der Waals surface area contributed by atoms with Crippen molar-refractivity contribution in [2.75, 3.05) is 42.4 Å². The highest BCUT2D eigenvalue weighted by atomic mass is 32.1. The van der Waals surface area contributed by atoms with E-state index in [0.29, 0.717) is 35.0 Å². The number of hydrogen-bond donors (Lipinski definition) is 2. The molecule has 2 atom stereocenters. The number of fused-ring (bicyclic) bond motifs is 2. The minimum Gasteiger partial charge on any atom is -0.476 e. The maximum absolute atomic E-state index is 13.7. The molecule has 1 aliphatic heterocycles. The number of aromatic carboxylic acids is 1. The molecule has 5 aliphatic rings. The Hall–Kier alpha value is -4.81. The number of carbonyl (C=O) groups excluding carboxylic acids is 1. The van der Waals surface area contributed by atoms with Gasteiger partial charge in [0.1, 0.15) is 0 Å². The molecule has 0 spiro atoms. The fourth-order valence-corrected chi connectivity index (χ4v) is 12.3. The van der Waals surface area contributed by atoms with Gasteiger partial charge < -0.3 is 14.7 Å². The van der Waals surface area contributed by atoms with E-state index in [1.807, 2.05) is 75.7 Å². The number of rotatable bonds is 7. The Morgan fingerprint density at radius 1 is 0.925 bits per heavy atom. The number of nitrogens with one attached hydrogen (secondary N) is 1. The van der Waals surface area contributed by atoms with Crippen LogP contribution in [0.5, 0.6) is 0 Å². The van der Waals surface area contributed by atoms with Crippen LogP contribution in [0.3, 0.4) is 0 Å². The molecular weight excluding hydrogens is 687 g/mol. The quantitative estimate of drug-likeness (QED) is 0.171. The number of hydrogen-bond acceptors (Lipinski definition) is 8. The van der Waals surface area contributed by atoms with Crippen LogP contribution >= 0.6 is 11.3 Å². The topological polar surface area (TPSA) is 126 Å². The van der Waals surface area contributed by atoms with E-state index in [1.165, 1.54) is 17.8 Å². The third-order valence-electron chi connectivity index (χ3n) is 12.4. The standard InChI is InChI=1S/C41H45N7O4S/c1-25-28(17-42-48(25)24-40-19-38(2)18-39(3,20-40)22-41(21-38,23-40)52-5)27-11-12-29(43-34(27)35(49)50)26-10-13-31-32(16-26)47(15-14-46(31)4)37(51)45-36-44-30-8-6-7-9-33(30)53-36/h6-13,16-17H,14-15,18-24H2,1-5H3,(H,49,50)(H,44,45,51). The number of pyridine rings is 1. The van der Waals surface area contributed by atoms with Crippen molar-refractivity contribution in [3.8, 4) is 22.4 Å². The van der Waals surface area contributed by atoms with E-state index < -0.39 is 5.97 Å². The highest BCUT2D eigenvalue weighted by molar-refractivity contribution is 7.22. The van der Waals surface area contributed by atoms with Gasteiger partial charge in [0.15, 0.2) is 10.8 Å². The minimum atomic E-state index is -1.10. The number of anilines is 3. The second-order valence-electron chi connectivity index (χ2n) is 17.0. The van der Waals surface area contributed by atoms with Gasteiger partial charge >= 0.3 is 12.0 Å². The maximum atomic E-state index is 13.7. The monoisotopic (exact) mass is 731 g/mol. The zero-order valence-corrected chi connectivity index (χ0v) is 31.7. The molecule has 4 fully saturated rings. The zero-order valence-electron chi connectivity index (χ0n) is 30.9. The number of amides is 2. The van der Waals surface area contributed by atoms with Crippen LogP contribution in [-0.2, 0) is 11.3 Å². The number of likely N-dealkylation sites (N-methyl/N-ethyl adjacent to an activating group) is 1. The SMILES string of the molecule is COC12CC3(C)CC(C)(CC(Cn4ncc(-c5ccc(-c6ccc7c(c6)N(C(=O)Nc6nc8ccccc8s6)CCN7C)nc5C(=O)O)c4C)(C3)C1)C2. The Morgan fingerprint density at radius 2 is 1.70 bits per heavy atom. The molecule has 3 aromatic heterocycles. The normalized spacial score (nSPS) is 27.3. The molecule has 4 bridgehead atoms. The summed E-state index contributed by atoms with van der Waals surface area (Å²) in [7, 11) is 3.88. The molecule has 4 heterocycles. The van der Waals surface area contributed by atoms with E-state index in [9.17, 15) is 14.7 Å². The van der Waals surface area contributed by atoms with Gasteiger partial charge in [0.05, 0.1) is 39.1 Å². The van der Waals surface area contributed by atoms with Crippen molar-refractivity contribution in [2.45, 2.75) is 71.4 Å². The number of benzene rings is 2. The number of urea groups is 1. The highest BCUT2D eigenvalue weighted by Crippen LogP contribution is 2.72. The molecule has 2 N–H and O–H groups in total. The molecule has 53 heavy (non-hydrogen) atoms. The summed E-state index contributed by atoms with van der Waals surface area (Å²) in [6, 6.07) is 17.0. The lowest BCUT2D eigenvalue weighted by atomic mass is 9.39. The molecule has 2 aromatic carbocycles. The van der Waals surface area contributed by atoms with Crippen LogP contribution in [-0.4, -0.2) is 69.7 Å². The Balaban J connectivity index is 1.01. The van der Waals surface area contributed by atoms with E-state index in [1.54, 1.807) is 11.1 Å². The molecule has 10 rings (SSSR count). The molecular formula is C41H45N7O4S. The fourth-order valence-electron chi connectivity index (χ4n) is 11.4. The first-order valence-electron chi connectivity index (χ1n) is 18.4. The van der Waals surface area contributed by atoms with Crippen LogP contribution in [0.4, 0.5) is 21.3 Å². The van der Waals surface area contributed by atoms with Crippen LogP contribution in [0.25, 0.3) is 32.6 Å². The number of thiazole rings is 1. The zero-order chi connectivity index (χ0) is 36.9. The summed E-state index contributed by atoms with van der Waals surface area (Å²) < 4.78 is 9.39. The number of methoxy groups -OCH3 is 1. The Labute approximate surface area is 313 Å². The predicted molar refractivity (Wildman–Crippen MR) is 208 cm³/mol. The number of para-hydroxylation sites is 1. The number of aromatic nitrogens is 4. The summed E-state index contributed by atoms with van der Waals surface area (Å²) in [5.74, 6) is -1.10. The number of carboxylic acids is 1. The molecule has 2 amide bonds. The van der Waals surface area contributed by atoms with E-state index in [0.717, 1.165) is 71.5 Å². The van der Waals surface area contributed by atoms with E-state index in [-0.39, 0.29) is 33.6 Å². The Bertz CT molecular complexity index is 2260. The predicted octanol–water partition coefficient (Wildman–Crippen LogP) is 8.48. The van der Waals surface area contributed by atoms with Gasteiger partial charge in [-0.3, -0.25) is 14.9 Å². The van der Waals surface area contributed by atoms with Crippen LogP contribution in [0.15, 0.2) is 60.8 Å². The number of carboxylic acid groups (broad SMARTS) is 1. The summed E-state index contributed by atoms with van der Waals surface area (Å²) in [5, 5.41) is 18.9. The van der Waals surface area contributed by atoms with Gasteiger partial charge in [0.25, 0.3) is 0 Å². The van der Waals surface area contributed by atoms with Crippen molar-refractivity contribution >= 4 is 50.1 Å². The largest absolute Gasteiger partial charge is 0.476 e. The lowest BCUT2D eigenvalue weighted by molar-refractivity contribution is -0.239. The van der Waals surface area contributed by atoms with Gasteiger partial charge in [0, 0.05) is 56.2 Å². The molecule has 0 radical (unpaired) electrons. The molecule has 11 nitrogen and oxygen atoms in total. The fraction of sp³-hybridized carbons (Fsp3) is 0.439. The third kappa shape index (κ3) is 5.69. The molecule has 4 aliphatic carbocycles. The van der Waals surface area contributed by atoms with Crippen LogP contribution in [0, 0.1) is 23.2 Å². The third-order valence-corrected chi connectivity index (χ3v) is 13.4. The molecule has 4 saturated carbocycles. The van der Waals surface area contributed by atoms with Crippen molar-refractivity contribution in [3.63, 3.8) is 0 Å². The van der Waals surface area contributed by atoms with E-state index in [2.05, 4.69) is 33.7 Å². The summed E-state index contributed by atoms with van der Waals surface area (Å²) in [4.78, 5) is 39.6. The van der Waals surface area contributed by atoms with Crippen molar-refractivity contribution in [3.05, 3.63) is 72.2 Å². The molecule has 12 heteroatoms. The Morgan fingerprint density at radius 3 is 2.43 bits per heavy atom. The molecule has 274 valence electrons. The first-order valence-corrected chi connectivity index (χ1v) is 19.2. The summed E-state index contributed by atoms with van der Waals surface area (Å²) in [6.07, 6.45) is 8.62. The Kier molecular flexibility index (Phi) is 7.60. The smallest absolute Gasteiger partial charge is 0.355 e. The van der Waals surface area contributed by atoms with Crippen molar-refractivity contribution in [2.24, 2.45) is 16.2 Å². The van der Waals surface area contributed by atoms with Gasteiger partial charge in [-0.2, -0.15) is 5.10 Å². The lowest BCUT2D eigenvalue weighted by Crippen LogP contribution is -2.64. The van der Waals surface area contributed by atoms with E-state index in [4.69, 9.17) is 14.8 Å². The first kappa shape index (κ1) is 34.0. The first-order chi connectivity index (χ1) is 25.3. The molecule has 5 aromatic rings. The van der Waals surface area contributed by atoms with Crippen molar-refractivity contribution in [1.29, 1.82) is 0 Å². The molecule has 0 saturated heterocycles. The van der Waals surface area contributed by atoms with Gasteiger partial charge in [-0.05, 0) is 98.1 Å². The molecule has 2 unspecified atom stereocenters. The van der Waals surface area contributed by atoms with Gasteiger partial charge in [-0.15, -0.1) is 0 Å². The second-order valence-corrected chi connectivity index (χ2v) is 18.0. The summed E-state index contributed by atoms with van der Waals surface area (Å²) in [6.45, 7) is 8.84. The summed E-state index contributed by atoms with van der Waals surface area (Å²) >= 11 is 1.44. The minimum absolute atomic E-state index is 0.0291. The van der Waals surface area contributed by atoms with Crippen LogP contribution < -0.4 is 15.1 Å². The number of nitrogens with zero attached hydrogens (tertiary/aromatic N) is 6. The lowest BCUT2D eigenvalue weighted by Gasteiger charge is -2.69. The summed E-state index contributed by atoms with van der Waals surface area (Å²) in [5.41, 5.74) is 6.41. The van der Waals surface area contributed by atoms with Crippen molar-refractivity contribution in [1.82, 2.24) is 19.7 Å². The second kappa shape index (κ2) is 11.8. The van der Waals surface area contributed by atoms with Gasteiger partial charge in [0.2, 0.25) is 0 Å². The van der Waals surface area contributed by atoms with Crippen molar-refractivity contribution < 1.29 is 19.4 Å².